The number of carbonyl (C=O) groups is 1. The molecule has 1 nitrogen and oxygen atoms in total. The summed E-state index contributed by atoms with van der Waals surface area (Å²) in [6.45, 7) is 7.57. The van der Waals surface area contributed by atoms with Crippen molar-refractivity contribution in [2.45, 2.75) is 65.7 Å². The molecular weight excluding hydrogens is 256 g/mol. The molecule has 0 radical (unpaired) electrons. The summed E-state index contributed by atoms with van der Waals surface area (Å²) in [5, 5.41) is 0. The molecule has 2 unspecified atom stereocenters. The van der Waals surface area contributed by atoms with Crippen LogP contribution >= 0.6 is 0 Å². The highest BCUT2D eigenvalue weighted by Gasteiger charge is 2.56. The van der Waals surface area contributed by atoms with Crippen molar-refractivity contribution in [3.05, 3.63) is 11.6 Å². The predicted octanol–water partition coefficient (Wildman–Crippen LogP) is 5.01. The molecule has 7 atom stereocenters. The average molecular weight is 286 g/mol. The highest BCUT2D eigenvalue weighted by Crippen LogP contribution is 2.64. The van der Waals surface area contributed by atoms with Crippen LogP contribution in [-0.4, -0.2) is 5.78 Å². The monoisotopic (exact) mass is 286 g/mol. The number of carbonyl (C=O) groups excluding carboxylic acids is 1. The number of ketones is 1. The summed E-state index contributed by atoms with van der Waals surface area (Å²) >= 11 is 0. The van der Waals surface area contributed by atoms with Crippen LogP contribution in [-0.2, 0) is 4.79 Å². The van der Waals surface area contributed by atoms with Crippen LogP contribution in [0.4, 0.5) is 0 Å². The Morgan fingerprint density at radius 1 is 1.10 bits per heavy atom. The maximum atomic E-state index is 11.8. The van der Waals surface area contributed by atoms with Crippen molar-refractivity contribution < 1.29 is 4.79 Å². The zero-order valence-electron chi connectivity index (χ0n) is 13.9. The third-order valence-electron chi connectivity index (χ3n) is 7.80. The standard InChI is InChI=1S/C20H30O/c1-12-6-8-20(3)9-7-17-16-5-4-15(21)11-14(16)10-13(2)18(17)19(12)20/h11-13,16-19H,4-10H2,1-3H3/t12?,13?,16-,17+,18+,19-,20-/m0/s1. The Bertz CT molecular complexity index is 490. The Labute approximate surface area is 129 Å². The van der Waals surface area contributed by atoms with Gasteiger partial charge in [0.15, 0.2) is 5.78 Å². The Morgan fingerprint density at radius 2 is 1.86 bits per heavy atom. The maximum Gasteiger partial charge on any atom is 0.155 e. The maximum absolute atomic E-state index is 11.8. The lowest BCUT2D eigenvalue weighted by molar-refractivity contribution is -0.116. The molecule has 0 aromatic rings. The largest absolute Gasteiger partial charge is 0.295 e. The Morgan fingerprint density at radius 3 is 2.67 bits per heavy atom. The fraction of sp³-hybridized carbons (Fsp3) is 0.850. The van der Waals surface area contributed by atoms with Crippen molar-refractivity contribution in [1.29, 1.82) is 0 Å². The molecule has 116 valence electrons. The van der Waals surface area contributed by atoms with E-state index in [-0.39, 0.29) is 0 Å². The van der Waals surface area contributed by atoms with Gasteiger partial charge in [0.25, 0.3) is 0 Å². The van der Waals surface area contributed by atoms with Crippen molar-refractivity contribution in [2.24, 2.45) is 40.9 Å². The van der Waals surface area contributed by atoms with E-state index in [1.165, 1.54) is 37.7 Å². The summed E-state index contributed by atoms with van der Waals surface area (Å²) in [5.41, 5.74) is 2.15. The number of hydrogen-bond donors (Lipinski definition) is 0. The molecule has 4 aliphatic carbocycles. The van der Waals surface area contributed by atoms with Crippen LogP contribution in [0.25, 0.3) is 0 Å². The van der Waals surface area contributed by atoms with E-state index in [0.29, 0.717) is 11.2 Å². The van der Waals surface area contributed by atoms with Gasteiger partial charge in [-0.2, -0.15) is 0 Å². The van der Waals surface area contributed by atoms with E-state index >= 15 is 0 Å². The topological polar surface area (TPSA) is 17.1 Å². The quantitative estimate of drug-likeness (QED) is 0.611. The van der Waals surface area contributed by atoms with Gasteiger partial charge in [-0.05, 0) is 85.5 Å². The second kappa shape index (κ2) is 4.70. The molecule has 21 heavy (non-hydrogen) atoms. The van der Waals surface area contributed by atoms with Gasteiger partial charge >= 0.3 is 0 Å². The lowest BCUT2D eigenvalue weighted by Gasteiger charge is -2.56. The number of hydrogen-bond acceptors (Lipinski definition) is 1. The van der Waals surface area contributed by atoms with Gasteiger partial charge in [-0.3, -0.25) is 4.79 Å². The Kier molecular flexibility index (Phi) is 3.14. The molecule has 0 saturated heterocycles. The second-order valence-electron chi connectivity index (χ2n) is 8.99. The van der Waals surface area contributed by atoms with Crippen molar-refractivity contribution in [3.8, 4) is 0 Å². The first-order valence-electron chi connectivity index (χ1n) is 9.23. The van der Waals surface area contributed by atoms with Crippen molar-refractivity contribution in [1.82, 2.24) is 0 Å². The number of allylic oxidation sites excluding steroid dienone is 1. The van der Waals surface area contributed by atoms with Crippen LogP contribution in [0.5, 0.6) is 0 Å². The van der Waals surface area contributed by atoms with Gasteiger partial charge in [0.05, 0.1) is 0 Å². The third kappa shape index (κ3) is 1.99. The van der Waals surface area contributed by atoms with E-state index in [9.17, 15) is 4.79 Å². The lowest BCUT2D eigenvalue weighted by atomic mass is 9.49. The molecule has 4 aliphatic rings. The molecule has 0 amide bonds. The summed E-state index contributed by atoms with van der Waals surface area (Å²) in [7, 11) is 0. The Hall–Kier alpha value is -0.590. The minimum Gasteiger partial charge on any atom is -0.295 e. The zero-order chi connectivity index (χ0) is 14.8. The van der Waals surface area contributed by atoms with Gasteiger partial charge in [0.1, 0.15) is 0 Å². The normalized spacial score (nSPS) is 52.7. The average Bonchev–Trinajstić information content (AvgIpc) is 2.74. The molecule has 3 saturated carbocycles. The van der Waals surface area contributed by atoms with Crippen molar-refractivity contribution >= 4 is 5.78 Å². The smallest absolute Gasteiger partial charge is 0.155 e. The summed E-state index contributed by atoms with van der Waals surface area (Å²) in [6, 6.07) is 0. The first kappa shape index (κ1) is 14.0. The first-order valence-corrected chi connectivity index (χ1v) is 9.23. The predicted molar refractivity (Wildman–Crippen MR) is 85.8 cm³/mol. The van der Waals surface area contributed by atoms with Crippen LogP contribution in [0.1, 0.15) is 65.7 Å². The summed E-state index contributed by atoms with van der Waals surface area (Å²) < 4.78 is 0. The van der Waals surface area contributed by atoms with Crippen LogP contribution in [0.15, 0.2) is 11.6 Å². The molecule has 0 N–H and O–H groups in total. The molecule has 0 aromatic carbocycles. The van der Waals surface area contributed by atoms with Crippen molar-refractivity contribution in [3.63, 3.8) is 0 Å². The van der Waals surface area contributed by atoms with Gasteiger partial charge in [0, 0.05) is 6.42 Å². The van der Waals surface area contributed by atoms with Crippen LogP contribution in [0, 0.1) is 40.9 Å². The van der Waals surface area contributed by atoms with Gasteiger partial charge < -0.3 is 0 Å². The van der Waals surface area contributed by atoms with E-state index in [2.05, 4.69) is 20.8 Å². The molecule has 0 aliphatic heterocycles. The molecule has 3 fully saturated rings. The summed E-state index contributed by atoms with van der Waals surface area (Å²) in [5.74, 6) is 5.60. The molecule has 4 rings (SSSR count). The van der Waals surface area contributed by atoms with E-state index in [0.717, 1.165) is 48.3 Å². The van der Waals surface area contributed by atoms with Crippen molar-refractivity contribution in [2.75, 3.05) is 0 Å². The third-order valence-corrected chi connectivity index (χ3v) is 7.80. The SMILES string of the molecule is CC1CC2=CC(=O)CC[C@@H]2[C@H]2CC[C@]3(C)CCC(C)[C@H]3[C@H]12. The van der Waals surface area contributed by atoms with E-state index in [4.69, 9.17) is 0 Å². The van der Waals surface area contributed by atoms with Crippen LogP contribution in [0.2, 0.25) is 0 Å². The van der Waals surface area contributed by atoms with Gasteiger partial charge in [-0.15, -0.1) is 0 Å². The minimum atomic E-state index is 0.391. The van der Waals surface area contributed by atoms with Crippen LogP contribution < -0.4 is 0 Å². The van der Waals surface area contributed by atoms with E-state index in [1.54, 1.807) is 0 Å². The van der Waals surface area contributed by atoms with Crippen LogP contribution in [0.3, 0.4) is 0 Å². The molecule has 1 heteroatoms. The molecular formula is C20H30O. The Balaban J connectivity index is 1.70. The second-order valence-corrected chi connectivity index (χ2v) is 8.99. The molecule has 0 aromatic heterocycles. The summed E-state index contributed by atoms with van der Waals surface area (Å²) in [4.78, 5) is 11.8. The summed E-state index contributed by atoms with van der Waals surface area (Å²) in [6.07, 6.45) is 11.0. The van der Waals surface area contributed by atoms with E-state index in [1.807, 2.05) is 6.08 Å². The number of fused-ring (bicyclic) bond motifs is 5. The highest BCUT2D eigenvalue weighted by atomic mass is 16.1. The van der Waals surface area contributed by atoms with Gasteiger partial charge in [0.2, 0.25) is 0 Å². The zero-order valence-corrected chi connectivity index (χ0v) is 13.9. The minimum absolute atomic E-state index is 0.391. The fourth-order valence-corrected chi connectivity index (χ4v) is 7.00. The molecule has 0 spiro atoms. The van der Waals surface area contributed by atoms with Gasteiger partial charge in [-0.1, -0.05) is 26.3 Å². The molecule has 0 heterocycles. The molecule has 0 bridgehead atoms. The van der Waals surface area contributed by atoms with Gasteiger partial charge in [-0.25, -0.2) is 0 Å². The highest BCUT2D eigenvalue weighted by molar-refractivity contribution is 5.91. The lowest BCUT2D eigenvalue weighted by Crippen LogP contribution is -2.49. The number of rotatable bonds is 0. The fourth-order valence-electron chi connectivity index (χ4n) is 7.00. The van der Waals surface area contributed by atoms with E-state index < -0.39 is 0 Å². The first-order chi connectivity index (χ1) is 9.99.